The Hall–Kier alpha value is -1.09. The lowest BCUT2D eigenvalue weighted by molar-refractivity contribution is -0.386. The molecule has 0 spiro atoms. The number of pyridine rings is 1. The molecule has 0 saturated heterocycles. The summed E-state index contributed by atoms with van der Waals surface area (Å²) in [6.07, 6.45) is -4.97. The fraction of sp³-hybridized carbons (Fsp3) is 0.167. The number of aromatic nitrogens is 1. The maximum Gasteiger partial charge on any atom is 0.574 e. The second-order valence-corrected chi connectivity index (χ2v) is 3.55. The van der Waals surface area contributed by atoms with Crippen molar-refractivity contribution in [2.24, 2.45) is 0 Å². The highest BCUT2D eigenvalue weighted by Crippen LogP contribution is 2.34. The molecule has 0 aliphatic heterocycles. The van der Waals surface area contributed by atoms with Gasteiger partial charge in [-0.1, -0.05) is 11.6 Å². The van der Waals surface area contributed by atoms with Gasteiger partial charge in [-0.15, -0.1) is 13.2 Å². The monoisotopic (exact) mass is 320 g/mol. The predicted octanol–water partition coefficient (Wildman–Crippen LogP) is 3.30. The van der Waals surface area contributed by atoms with Gasteiger partial charge in [-0.3, -0.25) is 10.1 Å². The Labute approximate surface area is 99.4 Å². The zero-order valence-electron chi connectivity index (χ0n) is 7.09. The van der Waals surface area contributed by atoms with E-state index in [0.29, 0.717) is 6.07 Å². The molecular weight excluding hydrogens is 320 g/mol. The van der Waals surface area contributed by atoms with E-state index in [9.17, 15) is 23.3 Å². The van der Waals surface area contributed by atoms with Crippen LogP contribution in [-0.2, 0) is 0 Å². The van der Waals surface area contributed by atoms with Crippen molar-refractivity contribution in [1.29, 1.82) is 0 Å². The summed E-state index contributed by atoms with van der Waals surface area (Å²) < 4.78 is 38.6. The van der Waals surface area contributed by atoms with Crippen LogP contribution in [-0.4, -0.2) is 16.3 Å². The van der Waals surface area contributed by atoms with Gasteiger partial charge in [-0.2, -0.15) is 4.98 Å². The zero-order chi connectivity index (χ0) is 12.5. The van der Waals surface area contributed by atoms with Crippen LogP contribution in [0.2, 0.25) is 5.02 Å². The molecule has 0 aliphatic carbocycles. The van der Waals surface area contributed by atoms with Crippen molar-refractivity contribution in [3.8, 4) is 5.88 Å². The molecule has 5 nitrogen and oxygen atoms in total. The maximum atomic E-state index is 11.8. The number of nitro groups is 1. The van der Waals surface area contributed by atoms with Crippen LogP contribution < -0.4 is 4.74 Å². The summed E-state index contributed by atoms with van der Waals surface area (Å²) in [5.74, 6) is -0.952. The lowest BCUT2D eigenvalue weighted by Crippen LogP contribution is -2.18. The van der Waals surface area contributed by atoms with Gasteiger partial charge in [0.25, 0.3) is 0 Å². The number of hydrogen-bond acceptors (Lipinski definition) is 4. The maximum absolute atomic E-state index is 11.8. The standard InChI is InChI=1S/C6HBrClF3N2O3/c7-4-3(13(14)15)1-2(8)5(12-4)16-6(9,10)11/h1H. The smallest absolute Gasteiger partial charge is 0.386 e. The molecule has 0 unspecified atom stereocenters. The molecule has 0 bridgehead atoms. The third-order valence-corrected chi connectivity index (χ3v) is 2.14. The molecule has 0 aliphatic rings. The SMILES string of the molecule is O=[N+]([O-])c1cc(Cl)c(OC(F)(F)F)nc1Br. The number of rotatable bonds is 2. The van der Waals surface area contributed by atoms with Crippen LogP contribution in [0.3, 0.4) is 0 Å². The highest BCUT2D eigenvalue weighted by atomic mass is 79.9. The summed E-state index contributed by atoms with van der Waals surface area (Å²) in [7, 11) is 0. The van der Waals surface area contributed by atoms with Crippen molar-refractivity contribution >= 4 is 33.2 Å². The molecule has 1 rings (SSSR count). The highest BCUT2D eigenvalue weighted by Gasteiger charge is 2.34. The van der Waals surface area contributed by atoms with E-state index in [2.05, 4.69) is 25.7 Å². The Morgan fingerprint density at radius 1 is 1.56 bits per heavy atom. The summed E-state index contributed by atoms with van der Waals surface area (Å²) in [6.45, 7) is 0. The van der Waals surface area contributed by atoms with Crippen molar-refractivity contribution in [2.75, 3.05) is 0 Å². The Morgan fingerprint density at radius 2 is 2.12 bits per heavy atom. The van der Waals surface area contributed by atoms with Gasteiger partial charge >= 0.3 is 12.0 Å². The largest absolute Gasteiger partial charge is 0.574 e. The van der Waals surface area contributed by atoms with Crippen molar-refractivity contribution in [3.05, 3.63) is 25.8 Å². The second-order valence-electron chi connectivity index (χ2n) is 2.39. The molecule has 16 heavy (non-hydrogen) atoms. The zero-order valence-corrected chi connectivity index (χ0v) is 9.43. The van der Waals surface area contributed by atoms with Gasteiger partial charge in [0.15, 0.2) is 4.60 Å². The summed E-state index contributed by atoms with van der Waals surface area (Å²) in [4.78, 5) is 12.7. The number of halogens is 5. The molecule has 0 saturated carbocycles. The van der Waals surface area contributed by atoms with Crippen molar-refractivity contribution in [2.45, 2.75) is 6.36 Å². The van der Waals surface area contributed by atoms with Crippen LogP contribution in [0.5, 0.6) is 5.88 Å². The summed E-state index contributed by atoms with van der Waals surface area (Å²) >= 11 is 7.97. The molecule has 0 aromatic carbocycles. The van der Waals surface area contributed by atoms with E-state index in [4.69, 9.17) is 11.6 Å². The van der Waals surface area contributed by atoms with Crippen molar-refractivity contribution in [3.63, 3.8) is 0 Å². The minimum atomic E-state index is -4.97. The number of hydrogen-bond donors (Lipinski definition) is 0. The molecule has 0 N–H and O–H groups in total. The first-order valence-corrected chi connectivity index (χ1v) is 4.64. The average molecular weight is 321 g/mol. The molecule has 0 atom stereocenters. The van der Waals surface area contributed by atoms with Gasteiger partial charge in [0.2, 0.25) is 5.88 Å². The van der Waals surface area contributed by atoms with E-state index in [1.54, 1.807) is 0 Å². The summed E-state index contributed by atoms with van der Waals surface area (Å²) in [6, 6.07) is 0.708. The highest BCUT2D eigenvalue weighted by molar-refractivity contribution is 9.10. The first kappa shape index (κ1) is 13.0. The normalized spacial score (nSPS) is 11.3. The molecule has 88 valence electrons. The van der Waals surface area contributed by atoms with Crippen LogP contribution >= 0.6 is 27.5 Å². The van der Waals surface area contributed by atoms with Gasteiger partial charge in [0, 0.05) is 6.07 Å². The molecular formula is C6HBrClF3N2O3. The fourth-order valence-electron chi connectivity index (χ4n) is 0.750. The van der Waals surface area contributed by atoms with Crippen LogP contribution in [0.15, 0.2) is 10.7 Å². The van der Waals surface area contributed by atoms with E-state index >= 15 is 0 Å². The molecule has 0 fully saturated rings. The second kappa shape index (κ2) is 4.42. The number of nitrogens with zero attached hydrogens (tertiary/aromatic N) is 2. The minimum absolute atomic E-state index is 0.402. The van der Waals surface area contributed by atoms with E-state index in [1.807, 2.05) is 0 Å². The Kier molecular flexibility index (Phi) is 3.58. The van der Waals surface area contributed by atoms with E-state index in [-0.39, 0.29) is 0 Å². The topological polar surface area (TPSA) is 65.3 Å². The van der Waals surface area contributed by atoms with Gasteiger partial charge in [-0.05, 0) is 15.9 Å². The third kappa shape index (κ3) is 3.20. The van der Waals surface area contributed by atoms with Crippen molar-refractivity contribution in [1.82, 2.24) is 4.98 Å². The fourth-order valence-corrected chi connectivity index (χ4v) is 1.35. The Balaban J connectivity index is 3.16. The first-order valence-electron chi connectivity index (χ1n) is 3.47. The lowest BCUT2D eigenvalue weighted by atomic mass is 10.4. The molecule has 1 aromatic heterocycles. The molecule has 0 amide bonds. The minimum Gasteiger partial charge on any atom is -0.386 e. The predicted molar refractivity (Wildman–Crippen MR) is 50.3 cm³/mol. The van der Waals surface area contributed by atoms with Crippen LogP contribution in [0.25, 0.3) is 0 Å². The van der Waals surface area contributed by atoms with Crippen LogP contribution in [0, 0.1) is 10.1 Å². The van der Waals surface area contributed by atoms with Crippen LogP contribution in [0.1, 0.15) is 0 Å². The Morgan fingerprint density at radius 3 is 2.56 bits per heavy atom. The van der Waals surface area contributed by atoms with Gasteiger partial charge < -0.3 is 4.74 Å². The summed E-state index contributed by atoms with van der Waals surface area (Å²) in [5, 5.41) is 9.78. The average Bonchev–Trinajstić information content (AvgIpc) is 2.07. The number of alkyl halides is 3. The molecule has 1 aromatic rings. The number of ether oxygens (including phenoxy) is 1. The van der Waals surface area contributed by atoms with E-state index in [1.165, 1.54) is 0 Å². The molecule has 1 heterocycles. The molecule has 0 radical (unpaired) electrons. The van der Waals surface area contributed by atoms with E-state index < -0.39 is 32.5 Å². The van der Waals surface area contributed by atoms with Gasteiger partial charge in [-0.25, -0.2) is 0 Å². The Bertz CT molecular complexity index is 440. The third-order valence-electron chi connectivity index (χ3n) is 1.29. The molecule has 10 heteroatoms. The van der Waals surface area contributed by atoms with Gasteiger partial charge in [0.1, 0.15) is 5.02 Å². The lowest BCUT2D eigenvalue weighted by Gasteiger charge is -2.09. The summed E-state index contributed by atoms with van der Waals surface area (Å²) in [5.41, 5.74) is -0.556. The van der Waals surface area contributed by atoms with Crippen LogP contribution in [0.4, 0.5) is 18.9 Å². The van der Waals surface area contributed by atoms with Crippen molar-refractivity contribution < 1.29 is 22.8 Å². The first-order chi connectivity index (χ1) is 7.20. The quantitative estimate of drug-likeness (QED) is 0.476. The van der Waals surface area contributed by atoms with Gasteiger partial charge in [0.05, 0.1) is 4.92 Å². The van der Waals surface area contributed by atoms with E-state index in [0.717, 1.165) is 0 Å².